The highest BCUT2D eigenvalue weighted by atomic mass is 16.5. The minimum absolute atomic E-state index is 0.0202. The first-order valence-electron chi connectivity index (χ1n) is 7.54. The fourth-order valence-corrected chi connectivity index (χ4v) is 2.75. The van der Waals surface area contributed by atoms with Crippen LogP contribution in [0, 0.1) is 0 Å². The summed E-state index contributed by atoms with van der Waals surface area (Å²) in [6.45, 7) is 5.35. The second kappa shape index (κ2) is 6.74. The van der Waals surface area contributed by atoms with Gasteiger partial charge in [-0.25, -0.2) is 0 Å². The number of amides is 2. The Morgan fingerprint density at radius 3 is 2.50 bits per heavy atom. The molecule has 0 aromatic carbocycles. The maximum atomic E-state index is 12.6. The molecule has 1 aromatic heterocycles. The molecule has 0 atom stereocenters. The Morgan fingerprint density at radius 2 is 1.82 bits per heavy atom. The summed E-state index contributed by atoms with van der Waals surface area (Å²) in [4.78, 5) is 33.1. The molecule has 0 saturated carbocycles. The van der Waals surface area contributed by atoms with Gasteiger partial charge in [0.05, 0.1) is 30.7 Å². The third kappa shape index (κ3) is 3.19. The third-order valence-electron chi connectivity index (χ3n) is 4.10. The second-order valence-electron chi connectivity index (χ2n) is 5.46. The monoisotopic (exact) mass is 304 g/mol. The Hall–Kier alpha value is -2.15. The lowest BCUT2D eigenvalue weighted by Gasteiger charge is -2.33. The minimum Gasteiger partial charge on any atom is -0.378 e. The molecule has 2 aliphatic heterocycles. The number of aromatic nitrogens is 1. The lowest BCUT2D eigenvalue weighted by atomic mass is 10.2. The van der Waals surface area contributed by atoms with E-state index < -0.39 is 0 Å². The van der Waals surface area contributed by atoms with Crippen molar-refractivity contribution in [2.45, 2.75) is 0 Å². The molecule has 0 aliphatic carbocycles. The molecule has 3 rings (SSSR count). The van der Waals surface area contributed by atoms with Gasteiger partial charge in [0.1, 0.15) is 0 Å². The maximum absolute atomic E-state index is 12.6. The Morgan fingerprint density at radius 1 is 1.09 bits per heavy atom. The number of ether oxygens (including phenoxy) is 1. The van der Waals surface area contributed by atoms with Crippen LogP contribution in [-0.4, -0.2) is 79.6 Å². The van der Waals surface area contributed by atoms with E-state index in [1.807, 2.05) is 6.07 Å². The van der Waals surface area contributed by atoms with Crippen LogP contribution < -0.4 is 4.90 Å². The summed E-state index contributed by atoms with van der Waals surface area (Å²) in [6.07, 6.45) is 4.23. The molecule has 3 heterocycles. The molecule has 0 spiro atoms. The van der Waals surface area contributed by atoms with E-state index in [2.05, 4.69) is 9.88 Å². The molecule has 2 saturated heterocycles. The third-order valence-corrected chi connectivity index (χ3v) is 4.10. The van der Waals surface area contributed by atoms with Crippen molar-refractivity contribution >= 4 is 18.0 Å². The summed E-state index contributed by atoms with van der Waals surface area (Å²) in [5.74, 6) is -0.0202. The maximum Gasteiger partial charge on any atom is 0.255 e. The number of anilines is 1. The highest BCUT2D eigenvalue weighted by Crippen LogP contribution is 2.17. The zero-order chi connectivity index (χ0) is 15.4. The molecule has 0 radical (unpaired) electrons. The molecule has 7 nitrogen and oxygen atoms in total. The van der Waals surface area contributed by atoms with Gasteiger partial charge in [-0.05, 0) is 6.07 Å². The summed E-state index contributed by atoms with van der Waals surface area (Å²) in [5.41, 5.74) is 1.56. The fourth-order valence-electron chi connectivity index (χ4n) is 2.75. The molecule has 118 valence electrons. The first kappa shape index (κ1) is 14.8. The van der Waals surface area contributed by atoms with Gasteiger partial charge in [0, 0.05) is 45.5 Å². The molecule has 0 unspecified atom stereocenters. The Bertz CT molecular complexity index is 537. The van der Waals surface area contributed by atoms with Crippen molar-refractivity contribution in [3.8, 4) is 0 Å². The predicted molar refractivity (Wildman–Crippen MR) is 80.8 cm³/mol. The van der Waals surface area contributed by atoms with Crippen molar-refractivity contribution in [2.75, 3.05) is 57.4 Å². The van der Waals surface area contributed by atoms with E-state index in [1.54, 1.807) is 22.2 Å². The van der Waals surface area contributed by atoms with Gasteiger partial charge in [-0.15, -0.1) is 0 Å². The average Bonchev–Trinajstić information content (AvgIpc) is 2.62. The summed E-state index contributed by atoms with van der Waals surface area (Å²) >= 11 is 0. The van der Waals surface area contributed by atoms with Gasteiger partial charge in [0.15, 0.2) is 0 Å². The summed E-state index contributed by atoms with van der Waals surface area (Å²) < 4.78 is 5.34. The smallest absolute Gasteiger partial charge is 0.255 e. The second-order valence-corrected chi connectivity index (χ2v) is 5.46. The van der Waals surface area contributed by atoms with Crippen molar-refractivity contribution in [3.05, 3.63) is 24.0 Å². The van der Waals surface area contributed by atoms with Gasteiger partial charge in [-0.3, -0.25) is 14.6 Å². The topological polar surface area (TPSA) is 66.0 Å². The lowest BCUT2D eigenvalue weighted by molar-refractivity contribution is -0.119. The van der Waals surface area contributed by atoms with Crippen LogP contribution in [0.1, 0.15) is 10.4 Å². The largest absolute Gasteiger partial charge is 0.378 e. The Labute approximate surface area is 129 Å². The van der Waals surface area contributed by atoms with E-state index in [9.17, 15) is 9.59 Å². The van der Waals surface area contributed by atoms with Crippen molar-refractivity contribution in [2.24, 2.45) is 0 Å². The molecule has 2 aliphatic rings. The summed E-state index contributed by atoms with van der Waals surface area (Å²) in [5, 5.41) is 0. The quantitative estimate of drug-likeness (QED) is 0.726. The van der Waals surface area contributed by atoms with Crippen LogP contribution in [0.25, 0.3) is 0 Å². The van der Waals surface area contributed by atoms with Crippen LogP contribution in [0.4, 0.5) is 5.69 Å². The zero-order valence-electron chi connectivity index (χ0n) is 12.5. The molecular formula is C15H20N4O3. The van der Waals surface area contributed by atoms with Crippen molar-refractivity contribution in [1.82, 2.24) is 14.8 Å². The van der Waals surface area contributed by atoms with Gasteiger partial charge in [-0.2, -0.15) is 0 Å². The van der Waals surface area contributed by atoms with Crippen LogP contribution in [0.15, 0.2) is 18.5 Å². The van der Waals surface area contributed by atoms with Crippen molar-refractivity contribution in [3.63, 3.8) is 0 Å². The molecule has 0 N–H and O–H groups in total. The molecule has 22 heavy (non-hydrogen) atoms. The minimum atomic E-state index is -0.0202. The van der Waals surface area contributed by atoms with E-state index >= 15 is 0 Å². The van der Waals surface area contributed by atoms with Gasteiger partial charge in [0.25, 0.3) is 5.91 Å². The first-order chi connectivity index (χ1) is 10.8. The zero-order valence-corrected chi connectivity index (χ0v) is 12.5. The van der Waals surface area contributed by atoms with Crippen molar-refractivity contribution < 1.29 is 14.3 Å². The lowest BCUT2D eigenvalue weighted by Crippen LogP contribution is -2.48. The van der Waals surface area contributed by atoms with Gasteiger partial charge < -0.3 is 19.4 Å². The molecule has 7 heteroatoms. The molecular weight excluding hydrogens is 284 g/mol. The van der Waals surface area contributed by atoms with Crippen LogP contribution in [0.2, 0.25) is 0 Å². The van der Waals surface area contributed by atoms with Crippen molar-refractivity contribution in [1.29, 1.82) is 0 Å². The number of hydrogen-bond donors (Lipinski definition) is 0. The van der Waals surface area contributed by atoms with E-state index in [4.69, 9.17) is 4.74 Å². The number of carbonyl (C=O) groups is 2. The van der Waals surface area contributed by atoms with Crippen LogP contribution in [0.3, 0.4) is 0 Å². The number of rotatable bonds is 3. The van der Waals surface area contributed by atoms with Crippen LogP contribution in [0.5, 0.6) is 0 Å². The average molecular weight is 304 g/mol. The van der Waals surface area contributed by atoms with Gasteiger partial charge in [-0.1, -0.05) is 0 Å². The van der Waals surface area contributed by atoms with E-state index in [1.165, 1.54) is 0 Å². The highest BCUT2D eigenvalue weighted by Gasteiger charge is 2.22. The van der Waals surface area contributed by atoms with Gasteiger partial charge in [0.2, 0.25) is 6.41 Å². The van der Waals surface area contributed by atoms with Crippen LogP contribution in [-0.2, 0) is 9.53 Å². The number of carbonyl (C=O) groups excluding carboxylic acids is 2. The number of hydrogen-bond acceptors (Lipinski definition) is 5. The normalized spacial score (nSPS) is 19.2. The number of nitrogens with zero attached hydrogens (tertiary/aromatic N) is 4. The Kier molecular flexibility index (Phi) is 4.53. The number of piperazine rings is 1. The molecule has 2 amide bonds. The molecule has 2 fully saturated rings. The van der Waals surface area contributed by atoms with E-state index in [-0.39, 0.29) is 5.91 Å². The predicted octanol–water partition coefficient (Wildman–Crippen LogP) is -0.168. The summed E-state index contributed by atoms with van der Waals surface area (Å²) in [6, 6.07) is 1.90. The SMILES string of the molecule is O=CN1CCN(C(=O)c2cncc(N3CCOCC3)c2)CC1. The van der Waals surface area contributed by atoms with E-state index in [0.29, 0.717) is 45.0 Å². The first-order valence-corrected chi connectivity index (χ1v) is 7.54. The van der Waals surface area contributed by atoms with Crippen LogP contribution >= 0.6 is 0 Å². The fraction of sp³-hybridized carbons (Fsp3) is 0.533. The Balaban J connectivity index is 1.69. The highest BCUT2D eigenvalue weighted by molar-refractivity contribution is 5.95. The van der Waals surface area contributed by atoms with Gasteiger partial charge >= 0.3 is 0 Å². The van der Waals surface area contributed by atoms with E-state index in [0.717, 1.165) is 25.2 Å². The molecule has 0 bridgehead atoms. The molecule has 1 aromatic rings. The standard InChI is InChI=1S/C15H20N4O3/c20-12-17-1-3-19(4-2-17)15(21)13-9-14(11-16-10-13)18-5-7-22-8-6-18/h9-12H,1-8H2. The number of pyridine rings is 1. The summed E-state index contributed by atoms with van der Waals surface area (Å²) in [7, 11) is 0. The number of morpholine rings is 1.